The van der Waals surface area contributed by atoms with Crippen molar-refractivity contribution in [2.24, 2.45) is 0 Å². The summed E-state index contributed by atoms with van der Waals surface area (Å²) in [4.78, 5) is 0. The Morgan fingerprint density at radius 1 is 1.07 bits per heavy atom. The Hall–Kier alpha value is -1.83. The summed E-state index contributed by atoms with van der Waals surface area (Å²) in [5, 5.41) is 9.35. The van der Waals surface area contributed by atoms with Gasteiger partial charge >= 0.3 is 0 Å². The normalized spacial score (nSPS) is 10.3. The molecule has 2 aromatic rings. The minimum absolute atomic E-state index is 0.219. The highest BCUT2D eigenvalue weighted by atomic mass is 19.1. The Bertz CT molecular complexity index is 492. The number of hydrogen-bond acceptors (Lipinski definition) is 1. The lowest BCUT2D eigenvalue weighted by Crippen LogP contribution is -1.84. The highest BCUT2D eigenvalue weighted by Crippen LogP contribution is 2.26. The van der Waals surface area contributed by atoms with Gasteiger partial charge < -0.3 is 5.11 Å². The fourth-order valence-corrected chi connectivity index (χ4v) is 1.62. The van der Waals surface area contributed by atoms with E-state index in [2.05, 4.69) is 0 Å². The first-order valence-electron chi connectivity index (χ1n) is 4.72. The van der Waals surface area contributed by atoms with Crippen molar-refractivity contribution in [2.75, 3.05) is 0 Å². The van der Waals surface area contributed by atoms with Gasteiger partial charge in [0.1, 0.15) is 11.6 Å². The van der Waals surface area contributed by atoms with Gasteiger partial charge in [-0.15, -0.1) is 0 Å². The molecule has 0 aliphatic carbocycles. The summed E-state index contributed by atoms with van der Waals surface area (Å²) in [6.07, 6.45) is 0. The fourth-order valence-electron chi connectivity index (χ4n) is 1.62. The molecule has 0 fully saturated rings. The summed E-state index contributed by atoms with van der Waals surface area (Å²) >= 11 is 0. The maximum Gasteiger partial charge on any atom is 0.123 e. The lowest BCUT2D eigenvalue weighted by Gasteiger charge is -2.06. The van der Waals surface area contributed by atoms with Gasteiger partial charge in [-0.2, -0.15) is 0 Å². The minimum atomic E-state index is -0.239. The first-order valence-corrected chi connectivity index (χ1v) is 4.72. The number of benzene rings is 2. The first kappa shape index (κ1) is 9.71. The van der Waals surface area contributed by atoms with Crippen LogP contribution in [-0.2, 0) is 0 Å². The molecular weight excluding hydrogens is 191 g/mol. The Morgan fingerprint density at radius 3 is 2.53 bits per heavy atom. The van der Waals surface area contributed by atoms with Crippen molar-refractivity contribution in [3.05, 3.63) is 53.8 Å². The van der Waals surface area contributed by atoms with Crippen molar-refractivity contribution in [3.8, 4) is 16.9 Å². The van der Waals surface area contributed by atoms with Crippen LogP contribution in [0.2, 0.25) is 0 Å². The van der Waals surface area contributed by atoms with Crippen LogP contribution in [0.25, 0.3) is 11.1 Å². The third-order valence-electron chi connectivity index (χ3n) is 2.35. The van der Waals surface area contributed by atoms with Crippen LogP contribution in [0.15, 0.2) is 42.5 Å². The van der Waals surface area contributed by atoms with Gasteiger partial charge in [0.2, 0.25) is 0 Å². The van der Waals surface area contributed by atoms with E-state index in [4.69, 9.17) is 0 Å². The van der Waals surface area contributed by atoms with Gasteiger partial charge in [0.15, 0.2) is 0 Å². The van der Waals surface area contributed by atoms with Crippen LogP contribution < -0.4 is 0 Å². The van der Waals surface area contributed by atoms with E-state index in [9.17, 15) is 9.50 Å². The fraction of sp³-hybridized carbons (Fsp3) is 0.0769. The molecule has 76 valence electrons. The second-order valence-corrected chi connectivity index (χ2v) is 3.51. The monoisotopic (exact) mass is 202 g/mol. The average molecular weight is 202 g/mol. The van der Waals surface area contributed by atoms with Crippen LogP contribution in [0.3, 0.4) is 0 Å². The lowest BCUT2D eigenvalue weighted by atomic mass is 10.0. The predicted molar refractivity (Wildman–Crippen MR) is 58.2 cm³/mol. The zero-order chi connectivity index (χ0) is 10.8. The molecule has 0 unspecified atom stereocenters. The highest BCUT2D eigenvalue weighted by molar-refractivity contribution is 5.68. The van der Waals surface area contributed by atoms with Gasteiger partial charge in [-0.05, 0) is 47.9 Å². The largest absolute Gasteiger partial charge is 0.508 e. The molecule has 1 nitrogen and oxygen atoms in total. The maximum absolute atomic E-state index is 12.9. The van der Waals surface area contributed by atoms with Crippen LogP contribution in [0.5, 0.6) is 5.75 Å². The Kier molecular flexibility index (Phi) is 2.42. The first-order chi connectivity index (χ1) is 7.16. The van der Waals surface area contributed by atoms with E-state index in [-0.39, 0.29) is 11.6 Å². The van der Waals surface area contributed by atoms with E-state index in [1.165, 1.54) is 12.1 Å². The molecule has 0 saturated carbocycles. The standard InChI is InChI=1S/C13H11FO/c1-9-7-11(14)5-6-13(9)10-3-2-4-12(15)8-10/h2-8,15H,1H3. The topological polar surface area (TPSA) is 20.2 Å². The van der Waals surface area contributed by atoms with Crippen molar-refractivity contribution >= 4 is 0 Å². The summed E-state index contributed by atoms with van der Waals surface area (Å²) in [6.45, 7) is 1.85. The lowest BCUT2D eigenvalue weighted by molar-refractivity contribution is 0.475. The van der Waals surface area contributed by atoms with Gasteiger partial charge in [-0.3, -0.25) is 0 Å². The summed E-state index contributed by atoms with van der Waals surface area (Å²) in [5.74, 6) is -0.0207. The molecule has 2 heteroatoms. The van der Waals surface area contributed by atoms with Crippen molar-refractivity contribution in [1.29, 1.82) is 0 Å². The van der Waals surface area contributed by atoms with Crippen LogP contribution in [0.4, 0.5) is 4.39 Å². The van der Waals surface area contributed by atoms with Crippen LogP contribution >= 0.6 is 0 Å². The van der Waals surface area contributed by atoms with Crippen LogP contribution in [0, 0.1) is 12.7 Å². The molecule has 1 N–H and O–H groups in total. The molecule has 0 amide bonds. The predicted octanol–water partition coefficient (Wildman–Crippen LogP) is 3.51. The van der Waals surface area contributed by atoms with Gasteiger partial charge in [0.05, 0.1) is 0 Å². The summed E-state index contributed by atoms with van der Waals surface area (Å²) in [5.41, 5.74) is 2.69. The zero-order valence-corrected chi connectivity index (χ0v) is 8.37. The third kappa shape index (κ3) is 1.99. The molecule has 0 radical (unpaired) electrons. The highest BCUT2D eigenvalue weighted by Gasteiger charge is 2.03. The molecule has 0 atom stereocenters. The van der Waals surface area contributed by atoms with E-state index in [1.807, 2.05) is 13.0 Å². The average Bonchev–Trinajstić information content (AvgIpc) is 2.17. The molecule has 0 aliphatic rings. The van der Waals surface area contributed by atoms with E-state index >= 15 is 0 Å². The molecule has 2 aromatic carbocycles. The number of phenols is 1. The third-order valence-corrected chi connectivity index (χ3v) is 2.35. The number of phenolic OH excluding ortho intramolecular Hbond substituents is 1. The van der Waals surface area contributed by atoms with Crippen molar-refractivity contribution in [1.82, 2.24) is 0 Å². The quantitative estimate of drug-likeness (QED) is 0.750. The maximum atomic E-state index is 12.9. The Balaban J connectivity index is 2.54. The van der Waals surface area contributed by atoms with E-state index in [0.717, 1.165) is 16.7 Å². The second kappa shape index (κ2) is 3.73. The minimum Gasteiger partial charge on any atom is -0.508 e. The second-order valence-electron chi connectivity index (χ2n) is 3.51. The summed E-state index contributed by atoms with van der Waals surface area (Å²) in [7, 11) is 0. The molecule has 2 rings (SSSR count). The number of hydrogen-bond donors (Lipinski definition) is 1. The van der Waals surface area contributed by atoms with Crippen molar-refractivity contribution in [2.45, 2.75) is 6.92 Å². The molecular formula is C13H11FO. The number of rotatable bonds is 1. The number of aryl methyl sites for hydroxylation is 1. The van der Waals surface area contributed by atoms with Crippen LogP contribution in [-0.4, -0.2) is 5.11 Å². The van der Waals surface area contributed by atoms with Crippen molar-refractivity contribution in [3.63, 3.8) is 0 Å². The molecule has 0 bridgehead atoms. The molecule has 15 heavy (non-hydrogen) atoms. The molecule has 0 spiro atoms. The molecule has 0 aromatic heterocycles. The molecule has 0 aliphatic heterocycles. The number of aromatic hydroxyl groups is 1. The van der Waals surface area contributed by atoms with Crippen LogP contribution in [0.1, 0.15) is 5.56 Å². The molecule has 0 saturated heterocycles. The van der Waals surface area contributed by atoms with Gasteiger partial charge in [-0.1, -0.05) is 18.2 Å². The molecule has 0 heterocycles. The smallest absolute Gasteiger partial charge is 0.123 e. The van der Waals surface area contributed by atoms with E-state index < -0.39 is 0 Å². The van der Waals surface area contributed by atoms with E-state index in [1.54, 1.807) is 24.3 Å². The summed E-state index contributed by atoms with van der Waals surface area (Å²) < 4.78 is 12.9. The Morgan fingerprint density at radius 2 is 1.87 bits per heavy atom. The summed E-state index contributed by atoms with van der Waals surface area (Å²) in [6, 6.07) is 11.6. The zero-order valence-electron chi connectivity index (χ0n) is 8.37. The van der Waals surface area contributed by atoms with Gasteiger partial charge in [0.25, 0.3) is 0 Å². The Labute approximate surface area is 87.8 Å². The SMILES string of the molecule is Cc1cc(F)ccc1-c1cccc(O)c1. The van der Waals surface area contributed by atoms with Gasteiger partial charge in [-0.25, -0.2) is 4.39 Å². The van der Waals surface area contributed by atoms with E-state index in [0.29, 0.717) is 0 Å². The van der Waals surface area contributed by atoms with Crippen molar-refractivity contribution < 1.29 is 9.50 Å². The van der Waals surface area contributed by atoms with Gasteiger partial charge in [0, 0.05) is 0 Å². The number of halogens is 1.